The Morgan fingerprint density at radius 3 is 1.41 bits per heavy atom. The van der Waals surface area contributed by atoms with E-state index in [-0.39, 0.29) is 5.97 Å². The third-order valence-electron chi connectivity index (χ3n) is 7.38. The Hall–Kier alpha value is 0.120. The molecular weight excluding hydrogens is 479 g/mol. The monoisotopic (exact) mass is 534 g/mol. The smallest absolute Gasteiger partial charge is 0.0654 e. The Morgan fingerprint density at radius 2 is 1.06 bits per heavy atom. The minimum atomic E-state index is -1.93. The van der Waals surface area contributed by atoms with E-state index in [1.54, 1.807) is 6.92 Å². The molecule has 0 radical (unpaired) electrons. The van der Waals surface area contributed by atoms with Crippen molar-refractivity contribution in [2.75, 3.05) is 31.3 Å². The third kappa shape index (κ3) is 15.9. The molecule has 0 aliphatic carbocycles. The molecule has 4 heteroatoms. The summed E-state index contributed by atoms with van der Waals surface area (Å²) in [6, 6.07) is 0. The van der Waals surface area contributed by atoms with Crippen LogP contribution in [0, 0.1) is 0 Å². The number of halogens is 1. The molecule has 0 heterocycles. The minimum Gasteiger partial charge on any atom is -0.0654 e. The summed E-state index contributed by atoms with van der Waals surface area (Å²) < 4.78 is 5.42. The van der Waals surface area contributed by atoms with E-state index in [1.807, 2.05) is 0 Å². The average Bonchev–Trinajstić information content (AvgIpc) is 2.79. The van der Waals surface area contributed by atoms with E-state index in [0.717, 1.165) is 6.16 Å². The second kappa shape index (κ2) is 19.4. The molecule has 0 aliphatic heterocycles. The van der Waals surface area contributed by atoms with Gasteiger partial charge in [-0.3, -0.25) is 0 Å². The molecule has 0 N–H and O–H groups in total. The Labute approximate surface area is 209 Å². The van der Waals surface area contributed by atoms with Gasteiger partial charge in [0.15, 0.2) is 0 Å². The predicted molar refractivity (Wildman–Crippen MR) is 152 cm³/mol. The van der Waals surface area contributed by atoms with Gasteiger partial charge in [0.2, 0.25) is 0 Å². The van der Waals surface area contributed by atoms with Gasteiger partial charge in [-0.2, -0.15) is 0 Å². The van der Waals surface area contributed by atoms with Crippen LogP contribution in [-0.4, -0.2) is 37.2 Å². The van der Waals surface area contributed by atoms with Crippen molar-refractivity contribution in [3.05, 3.63) is 12.2 Å². The van der Waals surface area contributed by atoms with E-state index < -0.39 is 5.31 Å². The summed E-state index contributed by atoms with van der Waals surface area (Å²) in [6.45, 7) is 12.8. The van der Waals surface area contributed by atoms with E-state index in [9.17, 15) is 4.79 Å². The van der Waals surface area contributed by atoms with Crippen LogP contribution in [-0.2, 0) is 9.53 Å². The molecule has 0 rings (SSSR count). The molecule has 0 aliphatic rings. The minimum absolute atomic E-state index is 0.253. The maximum atomic E-state index is 11.7. The molecule has 192 valence electrons. The van der Waals surface area contributed by atoms with Gasteiger partial charge in [0.1, 0.15) is 0 Å². The van der Waals surface area contributed by atoms with Gasteiger partial charge >= 0.3 is 171 Å². The van der Waals surface area contributed by atoms with Crippen LogP contribution in [0.2, 0.25) is 0 Å². The zero-order valence-electron chi connectivity index (χ0n) is 22.2. The molecule has 0 aromatic rings. The van der Waals surface area contributed by atoms with Crippen LogP contribution >= 0.6 is 20.8 Å². The topological polar surface area (TPSA) is 26.3 Å². The van der Waals surface area contributed by atoms with Crippen molar-refractivity contribution in [3.8, 4) is 0 Å². The van der Waals surface area contributed by atoms with E-state index in [4.69, 9.17) is 4.74 Å². The summed E-state index contributed by atoms with van der Waals surface area (Å²) in [5.74, 6) is -0.253. The molecular formula is C28H56BrO2P. The number of hydrogen-bond donors (Lipinski definition) is 0. The first kappa shape index (κ1) is 32.1. The molecule has 32 heavy (non-hydrogen) atoms. The van der Waals surface area contributed by atoms with Crippen LogP contribution in [0.15, 0.2) is 12.2 Å². The fourth-order valence-electron chi connectivity index (χ4n) is 4.51. The summed E-state index contributed by atoms with van der Waals surface area (Å²) in [4.78, 5) is 11.7. The summed E-state index contributed by atoms with van der Waals surface area (Å²) in [7, 11) is 0. The first-order valence-corrected chi connectivity index (χ1v) is 18.9. The van der Waals surface area contributed by atoms with E-state index in [2.05, 4.69) is 42.8 Å². The van der Waals surface area contributed by atoms with Crippen molar-refractivity contribution in [2.45, 2.75) is 130 Å². The standard InChI is InChI=1S/C28H56BrO2P/c1-6-9-10-11-12-13-14-15-16-17-18-19-20-21-22-23-25-32(29,7-2,8-3)26-24-31-28(30)27(4)5/h4,6-26H2,1-3,5H3. The second-order valence-electron chi connectivity index (χ2n) is 10.1. The molecule has 0 unspecified atom stereocenters. The fourth-order valence-corrected chi connectivity index (χ4v) is 9.20. The Bertz CT molecular complexity index is 488. The second-order valence-corrected chi connectivity index (χ2v) is 21.9. The van der Waals surface area contributed by atoms with Crippen LogP contribution in [0.4, 0.5) is 0 Å². The SMILES string of the molecule is C=C(C)C(=O)OCCP(Br)(CC)(CC)CCCCCCCCCCCCCCCCCC. The van der Waals surface area contributed by atoms with Crippen LogP contribution in [0.3, 0.4) is 0 Å². The van der Waals surface area contributed by atoms with Gasteiger partial charge in [-0.1, -0.05) is 39.0 Å². The number of esters is 1. The molecule has 0 atom stereocenters. The van der Waals surface area contributed by atoms with E-state index in [1.165, 1.54) is 121 Å². The fraction of sp³-hybridized carbons (Fsp3) is 0.893. The first-order valence-electron chi connectivity index (χ1n) is 13.9. The summed E-state index contributed by atoms with van der Waals surface area (Å²) in [5, 5.41) is -1.93. The zero-order chi connectivity index (χ0) is 24.2. The molecule has 0 saturated heterocycles. The number of carbonyl (C=O) groups excluding carboxylic acids is 1. The van der Waals surface area contributed by atoms with Gasteiger partial charge in [0, 0.05) is 0 Å². The summed E-state index contributed by atoms with van der Waals surface area (Å²) in [6.07, 6.45) is 27.2. The third-order valence-corrected chi connectivity index (χ3v) is 18.4. The number of carbonyl (C=O) groups is 1. The normalized spacial score (nSPS) is 13.0. The Kier molecular flexibility index (Phi) is 19.5. The van der Waals surface area contributed by atoms with Crippen molar-refractivity contribution in [2.24, 2.45) is 0 Å². The van der Waals surface area contributed by atoms with Gasteiger partial charge in [-0.25, -0.2) is 0 Å². The number of hydrogen-bond acceptors (Lipinski definition) is 2. The quantitative estimate of drug-likeness (QED) is 0.0563. The number of unbranched alkanes of at least 4 members (excludes halogenated alkanes) is 15. The van der Waals surface area contributed by atoms with Crippen molar-refractivity contribution < 1.29 is 9.53 Å². The van der Waals surface area contributed by atoms with Gasteiger partial charge in [0.25, 0.3) is 0 Å². The van der Waals surface area contributed by atoms with Crippen molar-refractivity contribution in [3.63, 3.8) is 0 Å². The molecule has 0 aromatic heterocycles. The molecule has 0 spiro atoms. The summed E-state index contributed by atoms with van der Waals surface area (Å²) >= 11 is 4.24. The van der Waals surface area contributed by atoms with Gasteiger partial charge in [-0.05, 0) is 0 Å². The van der Waals surface area contributed by atoms with Crippen LogP contribution in [0.5, 0.6) is 0 Å². The van der Waals surface area contributed by atoms with Gasteiger partial charge in [-0.15, -0.1) is 0 Å². The maximum absolute atomic E-state index is 11.7. The molecule has 0 saturated carbocycles. The molecule has 0 amide bonds. The Balaban J connectivity index is 3.76. The molecule has 0 aromatic carbocycles. The summed E-state index contributed by atoms with van der Waals surface area (Å²) in [5.41, 5.74) is 0.491. The number of rotatable bonds is 23. The van der Waals surface area contributed by atoms with Gasteiger partial charge < -0.3 is 0 Å². The van der Waals surface area contributed by atoms with Crippen LogP contribution in [0.25, 0.3) is 0 Å². The van der Waals surface area contributed by atoms with Crippen LogP contribution in [0.1, 0.15) is 130 Å². The molecule has 0 bridgehead atoms. The van der Waals surface area contributed by atoms with Crippen LogP contribution < -0.4 is 0 Å². The van der Waals surface area contributed by atoms with Crippen molar-refractivity contribution in [1.82, 2.24) is 0 Å². The van der Waals surface area contributed by atoms with Crippen molar-refractivity contribution >= 4 is 26.8 Å². The predicted octanol–water partition coefficient (Wildman–Crippen LogP) is 10.3. The van der Waals surface area contributed by atoms with E-state index >= 15 is 0 Å². The zero-order valence-corrected chi connectivity index (χ0v) is 24.7. The number of ether oxygens (including phenoxy) is 1. The van der Waals surface area contributed by atoms with E-state index in [0.29, 0.717) is 12.2 Å². The Morgan fingerprint density at radius 1 is 0.688 bits per heavy atom. The van der Waals surface area contributed by atoms with Gasteiger partial charge in [0.05, 0.1) is 0 Å². The average molecular weight is 536 g/mol. The first-order chi connectivity index (χ1) is 15.3. The molecule has 0 fully saturated rings. The molecule has 2 nitrogen and oxygen atoms in total. The van der Waals surface area contributed by atoms with Crippen molar-refractivity contribution in [1.29, 1.82) is 0 Å².